The number of urea groups is 1. The van der Waals surface area contributed by atoms with E-state index < -0.39 is 28.2 Å². The van der Waals surface area contributed by atoms with E-state index in [-0.39, 0.29) is 11.4 Å². The summed E-state index contributed by atoms with van der Waals surface area (Å²) in [6, 6.07) is 21.5. The van der Waals surface area contributed by atoms with Gasteiger partial charge in [0.15, 0.2) is 0 Å². The summed E-state index contributed by atoms with van der Waals surface area (Å²) < 4.78 is 32.7. The van der Waals surface area contributed by atoms with E-state index >= 15 is 0 Å². The lowest BCUT2D eigenvalue weighted by atomic mass is 10.1. The molecule has 9 heteroatoms. The molecule has 3 aromatic carbocycles. The third kappa shape index (κ3) is 3.91. The summed E-state index contributed by atoms with van der Waals surface area (Å²) >= 11 is 0. The smallest absolute Gasteiger partial charge is 0.410 e. The number of anilines is 1. The number of benzene rings is 3. The van der Waals surface area contributed by atoms with Crippen molar-refractivity contribution in [2.45, 2.75) is 17.4 Å². The maximum absolute atomic E-state index is 13.2. The summed E-state index contributed by atoms with van der Waals surface area (Å²) in [5.41, 5.74) is 2.15. The van der Waals surface area contributed by atoms with Gasteiger partial charge in [-0.2, -0.15) is 0 Å². The summed E-state index contributed by atoms with van der Waals surface area (Å²) in [5, 5.41) is 2.73. The second-order valence-corrected chi connectivity index (χ2v) is 9.68. The van der Waals surface area contributed by atoms with Crippen molar-refractivity contribution in [1.29, 1.82) is 0 Å². The van der Waals surface area contributed by atoms with Crippen LogP contribution in [-0.4, -0.2) is 37.9 Å². The normalized spacial score (nSPS) is 17.6. The number of ether oxygens (including phenoxy) is 1. The molecule has 3 aromatic rings. The van der Waals surface area contributed by atoms with Gasteiger partial charge >= 0.3 is 12.1 Å². The average molecular weight is 464 g/mol. The number of hydrogen-bond acceptors (Lipinski definition) is 5. The molecule has 0 saturated carbocycles. The first kappa shape index (κ1) is 21.0. The van der Waals surface area contributed by atoms with E-state index in [4.69, 9.17) is 4.74 Å². The monoisotopic (exact) mass is 463 g/mol. The Morgan fingerprint density at radius 2 is 1.67 bits per heavy atom. The molecule has 0 aliphatic carbocycles. The summed E-state index contributed by atoms with van der Waals surface area (Å²) in [7, 11) is -4.05. The lowest BCUT2D eigenvalue weighted by Crippen LogP contribution is -2.34. The zero-order valence-corrected chi connectivity index (χ0v) is 18.4. The van der Waals surface area contributed by atoms with Crippen LogP contribution in [0.5, 0.6) is 5.75 Å². The Morgan fingerprint density at radius 1 is 0.970 bits per heavy atom. The molecule has 0 aromatic heterocycles. The molecule has 3 amide bonds. The molecular formula is C24H21N3O5S. The maximum Gasteiger partial charge on any atom is 0.419 e. The van der Waals surface area contributed by atoms with Crippen LogP contribution in [0.2, 0.25) is 0 Å². The fraction of sp³-hybridized carbons (Fsp3) is 0.167. The Bertz CT molecular complexity index is 1310. The van der Waals surface area contributed by atoms with Crippen LogP contribution in [0.15, 0.2) is 83.8 Å². The van der Waals surface area contributed by atoms with E-state index in [1.54, 1.807) is 30.3 Å². The molecule has 0 bridgehead atoms. The topological polar surface area (TPSA) is 96.0 Å². The van der Waals surface area contributed by atoms with Crippen LogP contribution in [0.25, 0.3) is 0 Å². The molecule has 168 valence electrons. The van der Waals surface area contributed by atoms with Crippen LogP contribution < -0.4 is 15.0 Å². The van der Waals surface area contributed by atoms with Crippen molar-refractivity contribution in [3.05, 3.63) is 90.0 Å². The van der Waals surface area contributed by atoms with Gasteiger partial charge in [0, 0.05) is 6.54 Å². The number of rotatable bonds is 4. The number of carbonyl (C=O) groups is 2. The van der Waals surface area contributed by atoms with E-state index in [1.807, 2.05) is 36.4 Å². The largest absolute Gasteiger partial charge is 0.419 e. The number of nitrogens with one attached hydrogen (secondary N) is 1. The Kier molecular flexibility index (Phi) is 5.26. The van der Waals surface area contributed by atoms with E-state index in [0.717, 1.165) is 9.87 Å². The van der Waals surface area contributed by atoms with Gasteiger partial charge in [-0.1, -0.05) is 48.5 Å². The molecule has 2 aliphatic rings. The lowest BCUT2D eigenvalue weighted by molar-refractivity contribution is 0.208. The molecule has 33 heavy (non-hydrogen) atoms. The van der Waals surface area contributed by atoms with E-state index in [9.17, 15) is 18.0 Å². The van der Waals surface area contributed by atoms with Crippen molar-refractivity contribution in [2.75, 3.05) is 18.0 Å². The third-order valence-electron chi connectivity index (χ3n) is 5.78. The van der Waals surface area contributed by atoms with Gasteiger partial charge in [0.25, 0.3) is 10.0 Å². The van der Waals surface area contributed by atoms with Gasteiger partial charge in [-0.15, -0.1) is 0 Å². The number of amides is 3. The van der Waals surface area contributed by atoms with E-state index in [2.05, 4.69) is 5.32 Å². The highest BCUT2D eigenvalue weighted by Gasteiger charge is 2.39. The highest BCUT2D eigenvalue weighted by atomic mass is 32.2. The van der Waals surface area contributed by atoms with Crippen LogP contribution in [0.4, 0.5) is 15.3 Å². The standard InChI is InChI=1S/C24H21N3O5S/c28-23-25-21(17-7-3-1-4-8-17)16-27(23)33(30,31)20-11-12-22-18(15-20)13-14-26(22)24(29)32-19-9-5-2-6-10-19/h1-12,15,21H,13-14,16H2,(H,25,28)/t21-/m1/s1. The highest BCUT2D eigenvalue weighted by Crippen LogP contribution is 2.33. The number of carbonyl (C=O) groups excluding carboxylic acids is 2. The summed E-state index contributed by atoms with van der Waals surface area (Å²) in [4.78, 5) is 26.6. The molecular weight excluding hydrogens is 442 g/mol. The quantitative estimate of drug-likeness (QED) is 0.637. The Hall–Kier alpha value is -3.85. The van der Waals surface area contributed by atoms with Gasteiger partial charge in [-0.05, 0) is 47.9 Å². The van der Waals surface area contributed by atoms with Gasteiger partial charge in [0.05, 0.1) is 23.2 Å². The van der Waals surface area contributed by atoms with Crippen LogP contribution >= 0.6 is 0 Å². The predicted octanol–water partition coefficient (Wildman–Crippen LogP) is 3.70. The molecule has 2 heterocycles. The third-order valence-corrected chi connectivity index (χ3v) is 7.52. The van der Waals surface area contributed by atoms with Crippen molar-refractivity contribution in [3.8, 4) is 5.75 Å². The number of nitrogens with zero attached hydrogens (tertiary/aromatic N) is 2. The highest BCUT2D eigenvalue weighted by molar-refractivity contribution is 7.89. The molecule has 1 atom stereocenters. The number of hydrogen-bond donors (Lipinski definition) is 1. The zero-order chi connectivity index (χ0) is 23.0. The van der Waals surface area contributed by atoms with Crippen molar-refractivity contribution in [1.82, 2.24) is 9.62 Å². The molecule has 5 rings (SSSR count). The SMILES string of the molecule is O=C(Oc1ccccc1)N1CCc2cc(S(=O)(=O)N3C[C@H](c4ccccc4)NC3=O)ccc21. The number of sulfonamides is 1. The second-order valence-electron chi connectivity index (χ2n) is 7.82. The Balaban J connectivity index is 1.36. The number of fused-ring (bicyclic) bond motifs is 1. The van der Waals surface area contributed by atoms with E-state index in [1.165, 1.54) is 17.0 Å². The zero-order valence-electron chi connectivity index (χ0n) is 17.5. The predicted molar refractivity (Wildman–Crippen MR) is 122 cm³/mol. The van der Waals surface area contributed by atoms with Crippen molar-refractivity contribution < 1.29 is 22.7 Å². The van der Waals surface area contributed by atoms with Crippen LogP contribution in [0.3, 0.4) is 0 Å². The molecule has 0 spiro atoms. The first-order valence-corrected chi connectivity index (χ1v) is 11.9. The Labute approximate surface area is 191 Å². The lowest BCUT2D eigenvalue weighted by Gasteiger charge is -2.18. The van der Waals surface area contributed by atoms with Crippen molar-refractivity contribution in [3.63, 3.8) is 0 Å². The fourth-order valence-corrected chi connectivity index (χ4v) is 5.50. The first-order chi connectivity index (χ1) is 15.9. The molecule has 8 nitrogen and oxygen atoms in total. The molecule has 2 aliphatic heterocycles. The van der Waals surface area contributed by atoms with Crippen LogP contribution in [-0.2, 0) is 16.4 Å². The van der Waals surface area contributed by atoms with Crippen molar-refractivity contribution in [2.24, 2.45) is 0 Å². The minimum atomic E-state index is -4.05. The summed E-state index contributed by atoms with van der Waals surface area (Å²) in [6.07, 6.45) is -0.0401. The second kappa shape index (κ2) is 8.25. The summed E-state index contributed by atoms with van der Waals surface area (Å²) in [6.45, 7) is 0.391. The maximum atomic E-state index is 13.2. The van der Waals surface area contributed by atoms with Crippen molar-refractivity contribution >= 4 is 27.8 Å². The van der Waals surface area contributed by atoms with Gasteiger partial charge in [0.2, 0.25) is 0 Å². The van der Waals surface area contributed by atoms with Gasteiger partial charge in [-0.3, -0.25) is 4.90 Å². The molecule has 0 unspecified atom stereocenters. The molecule has 1 N–H and O–H groups in total. The van der Waals surface area contributed by atoms with Crippen LogP contribution in [0.1, 0.15) is 17.2 Å². The van der Waals surface area contributed by atoms with Gasteiger partial charge in [-0.25, -0.2) is 22.3 Å². The fourth-order valence-electron chi connectivity index (χ4n) is 4.10. The minimum Gasteiger partial charge on any atom is -0.410 e. The summed E-state index contributed by atoms with van der Waals surface area (Å²) in [5.74, 6) is 0.433. The van der Waals surface area contributed by atoms with Gasteiger partial charge < -0.3 is 10.1 Å². The molecule has 0 radical (unpaired) electrons. The average Bonchev–Trinajstić information content (AvgIpc) is 3.44. The van der Waals surface area contributed by atoms with Gasteiger partial charge in [0.1, 0.15) is 5.75 Å². The van der Waals surface area contributed by atoms with Crippen LogP contribution in [0, 0.1) is 0 Å². The number of para-hydroxylation sites is 1. The molecule has 1 fully saturated rings. The van der Waals surface area contributed by atoms with E-state index in [0.29, 0.717) is 30.0 Å². The first-order valence-electron chi connectivity index (χ1n) is 10.5. The Morgan fingerprint density at radius 3 is 2.39 bits per heavy atom. The minimum absolute atomic E-state index is 0.0117. The molecule has 1 saturated heterocycles.